The molecule has 4 nitrogen and oxygen atoms in total. The van der Waals surface area contributed by atoms with Crippen molar-refractivity contribution in [2.75, 3.05) is 12.5 Å². The summed E-state index contributed by atoms with van der Waals surface area (Å²) < 4.78 is 12.2. The number of methoxy groups -OCH3 is 1. The smallest absolute Gasteiger partial charge is 0.138 e. The minimum atomic E-state index is 0.366. The molecule has 0 fully saturated rings. The molecule has 0 bridgehead atoms. The minimum Gasteiger partial charge on any atom is -0.496 e. The normalized spacial score (nSPS) is 10.5. The van der Waals surface area contributed by atoms with E-state index >= 15 is 0 Å². The fourth-order valence-electron chi connectivity index (χ4n) is 2.57. The average Bonchev–Trinajstić information content (AvgIpc) is 2.68. The summed E-state index contributed by atoms with van der Waals surface area (Å²) in [5.74, 6) is 1.42. The first kappa shape index (κ1) is 19.5. The fraction of sp³-hybridized carbons (Fsp3) is 0.143. The average molecular weight is 448 g/mol. The van der Waals surface area contributed by atoms with Gasteiger partial charge < -0.3 is 14.9 Å². The molecule has 3 rings (SSSR count). The summed E-state index contributed by atoms with van der Waals surface area (Å²) in [7, 11) is 1.65. The van der Waals surface area contributed by atoms with Crippen LogP contribution in [0.25, 0.3) is 0 Å². The number of ether oxygens (including phenoxy) is 2. The lowest BCUT2D eigenvalue weighted by Gasteiger charge is -2.14. The molecule has 0 atom stereocenters. The van der Waals surface area contributed by atoms with Gasteiger partial charge in [0.25, 0.3) is 0 Å². The Hall–Kier alpha value is -2.21. The molecule has 0 amide bonds. The maximum atomic E-state index is 6.22. The minimum absolute atomic E-state index is 0.366. The van der Waals surface area contributed by atoms with Gasteiger partial charge in [0, 0.05) is 22.3 Å². The maximum Gasteiger partial charge on any atom is 0.138 e. The van der Waals surface area contributed by atoms with E-state index in [0.29, 0.717) is 23.9 Å². The monoisotopic (exact) mass is 446 g/mol. The van der Waals surface area contributed by atoms with Crippen LogP contribution in [0.15, 0.2) is 71.2 Å². The van der Waals surface area contributed by atoms with E-state index in [1.54, 1.807) is 7.11 Å². The van der Waals surface area contributed by atoms with Gasteiger partial charge in [0.05, 0.1) is 12.1 Å². The zero-order valence-electron chi connectivity index (χ0n) is 14.8. The van der Waals surface area contributed by atoms with E-state index in [4.69, 9.17) is 21.1 Å². The van der Waals surface area contributed by atoms with Crippen molar-refractivity contribution in [1.29, 1.82) is 0 Å². The molecule has 6 heteroatoms. The fourth-order valence-corrected chi connectivity index (χ4v) is 3.30. The topological polar surface area (TPSA) is 42.5 Å². The Morgan fingerprint density at radius 3 is 2.48 bits per heavy atom. The molecule has 0 aliphatic carbocycles. The molecule has 0 heterocycles. The van der Waals surface area contributed by atoms with Crippen LogP contribution in [0.2, 0.25) is 5.02 Å². The molecule has 0 saturated heterocycles. The Morgan fingerprint density at radius 2 is 1.74 bits per heavy atom. The number of benzene rings is 3. The second-order valence-corrected chi connectivity index (χ2v) is 7.18. The molecule has 0 radical (unpaired) electrons. The van der Waals surface area contributed by atoms with Crippen LogP contribution in [0, 0.1) is 0 Å². The van der Waals surface area contributed by atoms with Crippen LogP contribution in [0.4, 0.5) is 5.69 Å². The summed E-state index contributed by atoms with van der Waals surface area (Å²) in [4.78, 5) is 0. The number of hydrogen-bond acceptors (Lipinski definition) is 4. The number of para-hydroxylation sites is 1. The summed E-state index contributed by atoms with van der Waals surface area (Å²) in [6, 6.07) is 21.5. The van der Waals surface area contributed by atoms with E-state index < -0.39 is 0 Å². The first-order chi connectivity index (χ1) is 13.2. The largest absolute Gasteiger partial charge is 0.496 e. The van der Waals surface area contributed by atoms with E-state index in [-0.39, 0.29) is 0 Å². The third-order valence-corrected chi connectivity index (χ3v) is 4.71. The van der Waals surface area contributed by atoms with Crippen LogP contribution in [0.1, 0.15) is 11.1 Å². The quantitative estimate of drug-likeness (QED) is 0.428. The van der Waals surface area contributed by atoms with Gasteiger partial charge in [0.2, 0.25) is 0 Å². The standard InChI is InChI=1S/C21H20BrClN2O2/c1-26-20-9-7-15(13-24-25-18-5-3-2-4-6-18)11-16(20)14-27-21-10-8-17(22)12-19(21)23/h2-12,24-25H,13-14H2,1H3. The highest BCUT2D eigenvalue weighted by Gasteiger charge is 2.08. The van der Waals surface area contributed by atoms with Gasteiger partial charge in [-0.1, -0.05) is 51.8 Å². The number of hydrogen-bond donors (Lipinski definition) is 2. The molecule has 0 aromatic heterocycles. The Kier molecular flexibility index (Phi) is 6.98. The molecular weight excluding hydrogens is 428 g/mol. The molecule has 2 N–H and O–H groups in total. The number of anilines is 1. The summed E-state index contributed by atoms with van der Waals surface area (Å²) in [6.07, 6.45) is 0. The highest BCUT2D eigenvalue weighted by molar-refractivity contribution is 9.10. The molecule has 27 heavy (non-hydrogen) atoms. The van der Waals surface area contributed by atoms with Crippen molar-refractivity contribution in [3.63, 3.8) is 0 Å². The maximum absolute atomic E-state index is 6.22. The van der Waals surface area contributed by atoms with E-state index in [2.05, 4.69) is 32.8 Å². The lowest BCUT2D eigenvalue weighted by Crippen LogP contribution is -2.20. The molecule has 3 aromatic carbocycles. The lowest BCUT2D eigenvalue weighted by atomic mass is 10.1. The van der Waals surface area contributed by atoms with Crippen LogP contribution in [0.3, 0.4) is 0 Å². The number of rotatable bonds is 8. The molecule has 3 aromatic rings. The van der Waals surface area contributed by atoms with Crippen molar-refractivity contribution in [2.45, 2.75) is 13.2 Å². The van der Waals surface area contributed by atoms with Crippen LogP contribution < -0.4 is 20.3 Å². The molecule has 0 aliphatic heterocycles. The molecule has 0 aliphatic rings. The molecule has 0 unspecified atom stereocenters. The zero-order valence-corrected chi connectivity index (χ0v) is 17.2. The summed E-state index contributed by atoms with van der Waals surface area (Å²) >= 11 is 9.62. The predicted molar refractivity (Wildman–Crippen MR) is 113 cm³/mol. The summed E-state index contributed by atoms with van der Waals surface area (Å²) in [6.45, 7) is 1.02. The predicted octanol–water partition coefficient (Wildman–Crippen LogP) is 5.81. The van der Waals surface area contributed by atoms with E-state index in [1.165, 1.54) is 0 Å². The highest BCUT2D eigenvalue weighted by atomic mass is 79.9. The van der Waals surface area contributed by atoms with Gasteiger partial charge in [-0.15, -0.1) is 0 Å². The third-order valence-electron chi connectivity index (χ3n) is 3.92. The van der Waals surface area contributed by atoms with Crippen molar-refractivity contribution in [3.8, 4) is 11.5 Å². The Balaban J connectivity index is 1.64. The van der Waals surface area contributed by atoms with Crippen LogP contribution in [0.5, 0.6) is 11.5 Å². The van der Waals surface area contributed by atoms with Gasteiger partial charge in [-0.3, -0.25) is 0 Å². The summed E-state index contributed by atoms with van der Waals surface area (Å²) in [5.41, 5.74) is 9.47. The number of nitrogens with one attached hydrogen (secondary N) is 2. The highest BCUT2D eigenvalue weighted by Crippen LogP contribution is 2.29. The van der Waals surface area contributed by atoms with Gasteiger partial charge >= 0.3 is 0 Å². The number of halogens is 2. The number of hydrazine groups is 1. The van der Waals surface area contributed by atoms with E-state index in [0.717, 1.165) is 27.0 Å². The van der Waals surface area contributed by atoms with Gasteiger partial charge in [-0.25, -0.2) is 5.43 Å². The Morgan fingerprint density at radius 1 is 0.963 bits per heavy atom. The molecular formula is C21H20BrClN2O2. The zero-order chi connectivity index (χ0) is 19.1. The second kappa shape index (κ2) is 9.65. The van der Waals surface area contributed by atoms with Gasteiger partial charge in [0.1, 0.15) is 18.1 Å². The van der Waals surface area contributed by atoms with E-state index in [1.807, 2.05) is 60.7 Å². The van der Waals surface area contributed by atoms with Crippen LogP contribution >= 0.6 is 27.5 Å². The first-order valence-electron chi connectivity index (χ1n) is 8.43. The Labute approximate surface area is 172 Å². The van der Waals surface area contributed by atoms with Crippen LogP contribution in [-0.4, -0.2) is 7.11 Å². The van der Waals surface area contributed by atoms with Crippen molar-refractivity contribution in [1.82, 2.24) is 5.43 Å². The van der Waals surface area contributed by atoms with Crippen molar-refractivity contribution in [2.24, 2.45) is 0 Å². The van der Waals surface area contributed by atoms with Crippen molar-refractivity contribution in [3.05, 3.63) is 87.4 Å². The van der Waals surface area contributed by atoms with Gasteiger partial charge in [-0.2, -0.15) is 0 Å². The SMILES string of the molecule is COc1ccc(CNNc2ccccc2)cc1COc1ccc(Br)cc1Cl. The van der Waals surface area contributed by atoms with Crippen LogP contribution in [-0.2, 0) is 13.2 Å². The third kappa shape index (κ3) is 5.63. The van der Waals surface area contributed by atoms with Crippen molar-refractivity contribution < 1.29 is 9.47 Å². The van der Waals surface area contributed by atoms with Crippen molar-refractivity contribution >= 4 is 33.2 Å². The van der Waals surface area contributed by atoms with Gasteiger partial charge in [0.15, 0.2) is 0 Å². The lowest BCUT2D eigenvalue weighted by molar-refractivity contribution is 0.296. The molecule has 0 saturated carbocycles. The van der Waals surface area contributed by atoms with Gasteiger partial charge in [-0.05, 0) is 48.0 Å². The first-order valence-corrected chi connectivity index (χ1v) is 9.60. The Bertz CT molecular complexity index is 891. The molecule has 0 spiro atoms. The van der Waals surface area contributed by atoms with E-state index in [9.17, 15) is 0 Å². The summed E-state index contributed by atoms with van der Waals surface area (Å²) in [5, 5.41) is 0.563. The molecule has 140 valence electrons. The second-order valence-electron chi connectivity index (χ2n) is 5.85.